The van der Waals surface area contributed by atoms with Gasteiger partial charge in [0, 0.05) is 41.2 Å². The van der Waals surface area contributed by atoms with Crippen LogP contribution < -0.4 is 0 Å². The first-order chi connectivity index (χ1) is 11.7. The summed E-state index contributed by atoms with van der Waals surface area (Å²) >= 11 is 5.95. The van der Waals surface area contributed by atoms with Gasteiger partial charge in [0.25, 0.3) is 0 Å². The van der Waals surface area contributed by atoms with E-state index < -0.39 is 0 Å². The summed E-state index contributed by atoms with van der Waals surface area (Å²) in [6, 6.07) is 13.6. The van der Waals surface area contributed by atoms with Crippen LogP contribution in [0.25, 0.3) is 28.2 Å². The summed E-state index contributed by atoms with van der Waals surface area (Å²) in [6.45, 7) is 0.539. The van der Waals surface area contributed by atoms with Crippen LogP contribution in [-0.2, 0) is 11.3 Å². The van der Waals surface area contributed by atoms with Crippen molar-refractivity contribution < 1.29 is 9.15 Å². The number of halogens is 1. The molecule has 4 nitrogen and oxygen atoms in total. The van der Waals surface area contributed by atoms with Crippen LogP contribution >= 0.6 is 11.6 Å². The first kappa shape index (κ1) is 15.0. The highest BCUT2D eigenvalue weighted by Crippen LogP contribution is 2.25. The monoisotopic (exact) mass is 338 g/mol. The Kier molecular flexibility index (Phi) is 3.84. The predicted octanol–water partition coefficient (Wildman–Crippen LogP) is 5.06. The van der Waals surface area contributed by atoms with Gasteiger partial charge in [-0.3, -0.25) is 0 Å². The number of fused-ring (bicyclic) bond motifs is 1. The van der Waals surface area contributed by atoms with Crippen LogP contribution in [0.15, 0.2) is 65.5 Å². The molecule has 3 heterocycles. The number of benzene rings is 1. The molecule has 0 aliphatic heterocycles. The van der Waals surface area contributed by atoms with Gasteiger partial charge in [0.2, 0.25) is 0 Å². The third kappa shape index (κ3) is 2.82. The molecule has 0 saturated carbocycles. The van der Waals surface area contributed by atoms with Crippen molar-refractivity contribution in [2.75, 3.05) is 7.11 Å². The maximum absolute atomic E-state index is 5.95. The predicted molar refractivity (Wildman–Crippen MR) is 94.1 cm³/mol. The smallest absolute Gasteiger partial charge is 0.137 e. The number of pyridine rings is 1. The fourth-order valence-electron chi connectivity index (χ4n) is 2.67. The highest BCUT2D eigenvalue weighted by Gasteiger charge is 2.08. The lowest BCUT2D eigenvalue weighted by atomic mass is 10.2. The number of furan rings is 1. The van der Waals surface area contributed by atoms with Crippen molar-refractivity contribution in [3.63, 3.8) is 0 Å². The lowest BCUT2D eigenvalue weighted by Gasteiger charge is -1.98. The fourth-order valence-corrected chi connectivity index (χ4v) is 2.79. The quantitative estimate of drug-likeness (QED) is 0.522. The lowest BCUT2D eigenvalue weighted by molar-refractivity contribution is 0.184. The Bertz CT molecular complexity index is 986. The second kappa shape index (κ2) is 6.15. The average molecular weight is 339 g/mol. The molecule has 0 unspecified atom stereocenters. The van der Waals surface area contributed by atoms with Crippen LogP contribution in [0.5, 0.6) is 0 Å². The van der Waals surface area contributed by atoms with E-state index in [9.17, 15) is 0 Å². The van der Waals surface area contributed by atoms with Gasteiger partial charge in [-0.05, 0) is 30.3 Å². The third-order valence-corrected chi connectivity index (χ3v) is 4.09. The molecule has 120 valence electrons. The number of ether oxygens (including phenoxy) is 1. The van der Waals surface area contributed by atoms with Crippen molar-refractivity contribution in [3.8, 4) is 22.6 Å². The normalized spacial score (nSPS) is 11.2. The number of imidazole rings is 1. The molecule has 4 aromatic rings. The zero-order chi connectivity index (χ0) is 16.5. The van der Waals surface area contributed by atoms with Crippen LogP contribution in [0.3, 0.4) is 0 Å². The fraction of sp³-hybridized carbons (Fsp3) is 0.105. The Labute approximate surface area is 144 Å². The summed E-state index contributed by atoms with van der Waals surface area (Å²) in [5, 5.41) is 0.717. The maximum Gasteiger partial charge on any atom is 0.137 e. The van der Waals surface area contributed by atoms with Crippen molar-refractivity contribution >= 4 is 17.2 Å². The Morgan fingerprint density at radius 2 is 1.88 bits per heavy atom. The van der Waals surface area contributed by atoms with E-state index in [1.807, 2.05) is 59.3 Å². The summed E-state index contributed by atoms with van der Waals surface area (Å²) < 4.78 is 12.7. The van der Waals surface area contributed by atoms with E-state index in [-0.39, 0.29) is 0 Å². The van der Waals surface area contributed by atoms with Crippen LogP contribution in [0.1, 0.15) is 5.56 Å². The lowest BCUT2D eigenvalue weighted by Crippen LogP contribution is -1.84. The Hall–Kier alpha value is -2.56. The van der Waals surface area contributed by atoms with E-state index in [0.717, 1.165) is 38.8 Å². The minimum atomic E-state index is 0.539. The van der Waals surface area contributed by atoms with E-state index in [2.05, 4.69) is 4.98 Å². The molecule has 0 N–H and O–H groups in total. The first-order valence-electron chi connectivity index (χ1n) is 7.54. The van der Waals surface area contributed by atoms with Crippen molar-refractivity contribution in [1.29, 1.82) is 0 Å². The third-order valence-electron chi connectivity index (χ3n) is 3.84. The number of rotatable bonds is 4. The minimum Gasteiger partial charge on any atom is -0.464 e. The van der Waals surface area contributed by atoms with E-state index in [1.165, 1.54) is 0 Å². The van der Waals surface area contributed by atoms with Crippen LogP contribution in [0.2, 0.25) is 5.02 Å². The topological polar surface area (TPSA) is 39.7 Å². The highest BCUT2D eigenvalue weighted by molar-refractivity contribution is 6.30. The zero-order valence-corrected chi connectivity index (χ0v) is 13.8. The molecule has 3 aromatic heterocycles. The number of aromatic nitrogens is 2. The number of methoxy groups -OCH3 is 1. The summed E-state index contributed by atoms with van der Waals surface area (Å²) in [4.78, 5) is 4.65. The van der Waals surface area contributed by atoms with Crippen molar-refractivity contribution in [2.45, 2.75) is 6.61 Å². The molecule has 0 bridgehead atoms. The molecule has 24 heavy (non-hydrogen) atoms. The molecule has 5 heteroatoms. The van der Waals surface area contributed by atoms with Gasteiger partial charge in [0.05, 0.1) is 18.6 Å². The van der Waals surface area contributed by atoms with Gasteiger partial charge in [0.15, 0.2) is 0 Å². The molecule has 4 rings (SSSR count). The van der Waals surface area contributed by atoms with Gasteiger partial charge in [-0.15, -0.1) is 0 Å². The van der Waals surface area contributed by atoms with E-state index in [0.29, 0.717) is 6.61 Å². The standard InChI is InChI=1S/C19H15ClN2O2/c1-23-11-13-8-18(24-12-13)15-4-7-19-21-17(10-22(19)9-15)14-2-5-16(20)6-3-14/h2-10,12H,11H2,1H3. The van der Waals surface area contributed by atoms with Gasteiger partial charge in [-0.25, -0.2) is 4.98 Å². The Morgan fingerprint density at radius 1 is 1.08 bits per heavy atom. The molecule has 0 fully saturated rings. The van der Waals surface area contributed by atoms with Crippen LogP contribution in [0.4, 0.5) is 0 Å². The molecule has 0 spiro atoms. The van der Waals surface area contributed by atoms with Gasteiger partial charge in [0.1, 0.15) is 11.4 Å². The Morgan fingerprint density at radius 3 is 2.67 bits per heavy atom. The largest absolute Gasteiger partial charge is 0.464 e. The molecular formula is C19H15ClN2O2. The van der Waals surface area contributed by atoms with Gasteiger partial charge in [-0.2, -0.15) is 0 Å². The van der Waals surface area contributed by atoms with Gasteiger partial charge in [-0.1, -0.05) is 23.7 Å². The molecule has 1 aromatic carbocycles. The molecule has 0 aliphatic rings. The molecule has 0 aliphatic carbocycles. The van der Waals surface area contributed by atoms with Crippen molar-refractivity contribution in [2.24, 2.45) is 0 Å². The summed E-state index contributed by atoms with van der Waals surface area (Å²) in [5.74, 6) is 0.811. The maximum atomic E-state index is 5.95. The summed E-state index contributed by atoms with van der Waals surface area (Å²) in [6.07, 6.45) is 5.73. The van der Waals surface area contributed by atoms with E-state index in [1.54, 1.807) is 13.4 Å². The van der Waals surface area contributed by atoms with E-state index in [4.69, 9.17) is 20.8 Å². The zero-order valence-electron chi connectivity index (χ0n) is 13.1. The second-order valence-electron chi connectivity index (χ2n) is 5.57. The average Bonchev–Trinajstić information content (AvgIpc) is 3.22. The molecule has 0 amide bonds. The van der Waals surface area contributed by atoms with Crippen molar-refractivity contribution in [3.05, 3.63) is 71.7 Å². The van der Waals surface area contributed by atoms with Gasteiger partial charge < -0.3 is 13.6 Å². The molecule has 0 atom stereocenters. The second-order valence-corrected chi connectivity index (χ2v) is 6.00. The first-order valence-corrected chi connectivity index (χ1v) is 7.92. The number of hydrogen-bond acceptors (Lipinski definition) is 3. The van der Waals surface area contributed by atoms with Crippen LogP contribution in [0, 0.1) is 0 Å². The molecule has 0 saturated heterocycles. The van der Waals surface area contributed by atoms with Crippen LogP contribution in [-0.4, -0.2) is 16.5 Å². The van der Waals surface area contributed by atoms with Gasteiger partial charge >= 0.3 is 0 Å². The number of nitrogens with zero attached hydrogens (tertiary/aromatic N) is 2. The number of hydrogen-bond donors (Lipinski definition) is 0. The van der Waals surface area contributed by atoms with Crippen molar-refractivity contribution in [1.82, 2.24) is 9.38 Å². The summed E-state index contributed by atoms with van der Waals surface area (Å²) in [7, 11) is 1.67. The minimum absolute atomic E-state index is 0.539. The van der Waals surface area contributed by atoms with E-state index >= 15 is 0 Å². The summed E-state index contributed by atoms with van der Waals surface area (Å²) in [5.41, 5.74) is 4.82. The SMILES string of the molecule is COCc1coc(-c2ccc3nc(-c4ccc(Cl)cc4)cn3c2)c1. The Balaban J connectivity index is 1.71. The highest BCUT2D eigenvalue weighted by atomic mass is 35.5. The molecular weight excluding hydrogens is 324 g/mol. The molecule has 0 radical (unpaired) electrons.